The molecule has 0 radical (unpaired) electrons. The second-order valence-corrected chi connectivity index (χ2v) is 4.99. The van der Waals surface area contributed by atoms with Crippen LogP contribution in [0.3, 0.4) is 0 Å². The Morgan fingerprint density at radius 3 is 1.42 bits per heavy atom. The maximum Gasteiger partial charge on any atom is 0.223 e. The third-order valence-electron chi connectivity index (χ3n) is 3.67. The van der Waals surface area contributed by atoms with E-state index in [1.165, 1.54) is 0 Å². The summed E-state index contributed by atoms with van der Waals surface area (Å²) in [6.45, 7) is 4.11. The summed E-state index contributed by atoms with van der Waals surface area (Å²) in [6, 6.07) is 20.3. The van der Waals surface area contributed by atoms with Crippen LogP contribution < -0.4 is 0 Å². The fourth-order valence-corrected chi connectivity index (χ4v) is 2.50. The van der Waals surface area contributed by atoms with Crippen molar-refractivity contribution >= 4 is 0 Å². The first-order valence-corrected chi connectivity index (χ1v) is 6.69. The molecule has 0 N–H and O–H groups in total. The molecule has 0 aromatic heterocycles. The second kappa shape index (κ2) is 4.80. The van der Waals surface area contributed by atoms with Gasteiger partial charge < -0.3 is 9.47 Å². The number of benzene rings is 2. The summed E-state index contributed by atoms with van der Waals surface area (Å²) < 4.78 is 12.4. The predicted octanol–water partition coefficient (Wildman–Crippen LogP) is 3.71. The third-order valence-corrected chi connectivity index (χ3v) is 3.67. The van der Waals surface area contributed by atoms with Gasteiger partial charge in [-0.3, -0.25) is 0 Å². The van der Waals surface area contributed by atoms with Crippen LogP contribution in [0.1, 0.15) is 25.0 Å². The first kappa shape index (κ1) is 12.4. The Labute approximate surface area is 114 Å². The van der Waals surface area contributed by atoms with E-state index in [4.69, 9.17) is 9.47 Å². The van der Waals surface area contributed by atoms with Gasteiger partial charge in [-0.2, -0.15) is 0 Å². The lowest BCUT2D eigenvalue weighted by Gasteiger charge is -2.29. The normalized spacial score (nSPS) is 25.4. The van der Waals surface area contributed by atoms with Gasteiger partial charge in [-0.1, -0.05) is 60.7 Å². The third kappa shape index (κ3) is 2.07. The average molecular weight is 254 g/mol. The van der Waals surface area contributed by atoms with Crippen LogP contribution in [0.4, 0.5) is 0 Å². The van der Waals surface area contributed by atoms with Crippen LogP contribution in [-0.2, 0) is 15.3 Å². The molecule has 1 heterocycles. The van der Waals surface area contributed by atoms with Gasteiger partial charge >= 0.3 is 0 Å². The topological polar surface area (TPSA) is 18.5 Å². The highest BCUT2D eigenvalue weighted by atomic mass is 16.8. The van der Waals surface area contributed by atoms with Crippen molar-refractivity contribution in [1.82, 2.24) is 0 Å². The van der Waals surface area contributed by atoms with E-state index >= 15 is 0 Å². The van der Waals surface area contributed by atoms with Crippen molar-refractivity contribution in [3.63, 3.8) is 0 Å². The summed E-state index contributed by atoms with van der Waals surface area (Å²) in [5.41, 5.74) is 2.08. The Hall–Kier alpha value is -1.64. The quantitative estimate of drug-likeness (QED) is 0.813. The number of hydrogen-bond donors (Lipinski definition) is 0. The lowest BCUT2D eigenvalue weighted by molar-refractivity contribution is -0.147. The van der Waals surface area contributed by atoms with Gasteiger partial charge in [-0.15, -0.1) is 0 Å². The molecule has 2 aromatic carbocycles. The maximum atomic E-state index is 6.21. The summed E-state index contributed by atoms with van der Waals surface area (Å²) in [4.78, 5) is 0. The maximum absolute atomic E-state index is 6.21. The molecule has 2 unspecified atom stereocenters. The van der Waals surface area contributed by atoms with Crippen LogP contribution in [0.5, 0.6) is 0 Å². The van der Waals surface area contributed by atoms with Crippen molar-refractivity contribution in [2.45, 2.75) is 31.8 Å². The van der Waals surface area contributed by atoms with Crippen LogP contribution in [-0.4, -0.2) is 12.2 Å². The summed E-state index contributed by atoms with van der Waals surface area (Å²) in [6.07, 6.45) is 0.140. The highest BCUT2D eigenvalue weighted by molar-refractivity contribution is 5.34. The average Bonchev–Trinajstić information content (AvgIpc) is 2.78. The molecule has 1 aliphatic rings. The summed E-state index contributed by atoms with van der Waals surface area (Å²) >= 11 is 0. The van der Waals surface area contributed by atoms with Gasteiger partial charge in [-0.25, -0.2) is 0 Å². The standard InChI is InChI=1S/C17H18O2/c1-13-14(2)19-17(18-13,15-9-5-3-6-10-15)16-11-7-4-8-12-16/h3-14H,1-2H3. The van der Waals surface area contributed by atoms with E-state index in [0.717, 1.165) is 11.1 Å². The molecule has 2 atom stereocenters. The first-order valence-electron chi connectivity index (χ1n) is 6.69. The molecule has 1 fully saturated rings. The van der Waals surface area contributed by atoms with Crippen molar-refractivity contribution in [2.24, 2.45) is 0 Å². The fourth-order valence-electron chi connectivity index (χ4n) is 2.50. The number of hydrogen-bond acceptors (Lipinski definition) is 2. The lowest BCUT2D eigenvalue weighted by atomic mass is 9.97. The van der Waals surface area contributed by atoms with Gasteiger partial charge in [-0.05, 0) is 13.8 Å². The molecule has 0 amide bonds. The molecule has 19 heavy (non-hydrogen) atoms. The molecule has 0 spiro atoms. The van der Waals surface area contributed by atoms with Crippen molar-refractivity contribution in [1.29, 1.82) is 0 Å². The van der Waals surface area contributed by atoms with Crippen LogP contribution in [0.2, 0.25) is 0 Å². The fraction of sp³-hybridized carbons (Fsp3) is 0.294. The van der Waals surface area contributed by atoms with E-state index in [2.05, 4.69) is 38.1 Å². The monoisotopic (exact) mass is 254 g/mol. The number of ether oxygens (including phenoxy) is 2. The number of rotatable bonds is 2. The van der Waals surface area contributed by atoms with Crippen LogP contribution in [0.25, 0.3) is 0 Å². The molecule has 2 nitrogen and oxygen atoms in total. The molecule has 98 valence electrons. The minimum absolute atomic E-state index is 0.0698. The van der Waals surface area contributed by atoms with E-state index in [0.29, 0.717) is 0 Å². The highest BCUT2D eigenvalue weighted by Crippen LogP contribution is 2.42. The first-order chi connectivity index (χ1) is 9.22. The Morgan fingerprint density at radius 1 is 0.684 bits per heavy atom. The molecule has 0 saturated carbocycles. The molecular weight excluding hydrogens is 236 g/mol. The Bertz CT molecular complexity index is 484. The van der Waals surface area contributed by atoms with E-state index in [1.54, 1.807) is 0 Å². The minimum Gasteiger partial charge on any atom is -0.336 e. The molecule has 3 rings (SSSR count). The molecule has 1 aliphatic heterocycles. The van der Waals surface area contributed by atoms with Gasteiger partial charge in [0, 0.05) is 11.1 Å². The van der Waals surface area contributed by atoms with Gasteiger partial charge in [0.2, 0.25) is 5.79 Å². The second-order valence-electron chi connectivity index (χ2n) is 4.99. The molecule has 2 heteroatoms. The van der Waals surface area contributed by atoms with E-state index in [1.807, 2.05) is 36.4 Å². The summed E-state index contributed by atoms with van der Waals surface area (Å²) in [7, 11) is 0. The zero-order valence-electron chi connectivity index (χ0n) is 11.2. The van der Waals surface area contributed by atoms with Crippen LogP contribution in [0, 0.1) is 0 Å². The van der Waals surface area contributed by atoms with Crippen molar-refractivity contribution < 1.29 is 9.47 Å². The van der Waals surface area contributed by atoms with Crippen molar-refractivity contribution in [3.05, 3.63) is 71.8 Å². The zero-order chi connectivity index (χ0) is 13.3. The van der Waals surface area contributed by atoms with E-state index < -0.39 is 5.79 Å². The Balaban J connectivity index is 2.13. The molecule has 2 aromatic rings. The minimum atomic E-state index is -0.776. The Kier molecular flexibility index (Phi) is 3.13. The van der Waals surface area contributed by atoms with Crippen molar-refractivity contribution in [3.8, 4) is 0 Å². The van der Waals surface area contributed by atoms with Crippen molar-refractivity contribution in [2.75, 3.05) is 0 Å². The highest BCUT2D eigenvalue weighted by Gasteiger charge is 2.46. The summed E-state index contributed by atoms with van der Waals surface area (Å²) in [5.74, 6) is -0.776. The molecular formula is C17H18O2. The van der Waals surface area contributed by atoms with Crippen LogP contribution >= 0.6 is 0 Å². The van der Waals surface area contributed by atoms with Crippen LogP contribution in [0.15, 0.2) is 60.7 Å². The SMILES string of the molecule is CC1OC(c2ccccc2)(c2ccccc2)OC1C. The summed E-state index contributed by atoms with van der Waals surface area (Å²) in [5, 5.41) is 0. The molecule has 1 saturated heterocycles. The van der Waals surface area contributed by atoms with E-state index in [-0.39, 0.29) is 12.2 Å². The van der Waals surface area contributed by atoms with Gasteiger partial charge in [0.1, 0.15) is 0 Å². The van der Waals surface area contributed by atoms with E-state index in [9.17, 15) is 0 Å². The lowest BCUT2D eigenvalue weighted by Crippen LogP contribution is -2.29. The molecule has 0 aliphatic carbocycles. The largest absolute Gasteiger partial charge is 0.336 e. The smallest absolute Gasteiger partial charge is 0.223 e. The Morgan fingerprint density at radius 2 is 1.05 bits per heavy atom. The molecule has 0 bridgehead atoms. The van der Waals surface area contributed by atoms with Gasteiger partial charge in [0.15, 0.2) is 0 Å². The van der Waals surface area contributed by atoms with Gasteiger partial charge in [0.05, 0.1) is 12.2 Å². The zero-order valence-corrected chi connectivity index (χ0v) is 11.2. The predicted molar refractivity (Wildman–Crippen MR) is 74.8 cm³/mol. The van der Waals surface area contributed by atoms with Gasteiger partial charge in [0.25, 0.3) is 0 Å².